The average Bonchev–Trinajstić information content (AvgIpc) is 2.25. The molecule has 0 aliphatic carbocycles. The molecule has 0 amide bonds. The zero-order valence-corrected chi connectivity index (χ0v) is 11.1. The highest BCUT2D eigenvalue weighted by Crippen LogP contribution is 2.24. The van der Waals surface area contributed by atoms with E-state index in [1.807, 2.05) is 0 Å². The minimum Gasteiger partial charge on any atom is -0.496 e. The normalized spacial score (nSPS) is 12.6. The van der Waals surface area contributed by atoms with Crippen LogP contribution in [-0.4, -0.2) is 13.2 Å². The number of hydrogen-bond donors (Lipinski definition) is 1. The van der Waals surface area contributed by atoms with Crippen LogP contribution in [0.5, 0.6) is 5.75 Å². The van der Waals surface area contributed by atoms with Gasteiger partial charge in [0, 0.05) is 12.6 Å². The molecule has 1 aromatic carbocycles. The van der Waals surface area contributed by atoms with Gasteiger partial charge in [-0.05, 0) is 43.9 Å². The van der Waals surface area contributed by atoms with E-state index in [1.54, 1.807) is 7.11 Å². The predicted octanol–water partition coefficient (Wildman–Crippen LogP) is 3.20. The molecule has 2 nitrogen and oxygen atoms in total. The number of rotatable bonds is 5. The van der Waals surface area contributed by atoms with E-state index < -0.39 is 0 Å². The van der Waals surface area contributed by atoms with Crippen molar-refractivity contribution in [2.75, 3.05) is 7.11 Å². The smallest absolute Gasteiger partial charge is 0.124 e. The van der Waals surface area contributed by atoms with Crippen LogP contribution >= 0.6 is 0 Å². The van der Waals surface area contributed by atoms with Crippen LogP contribution in [-0.2, 0) is 6.54 Å². The molecule has 0 heterocycles. The molecule has 0 saturated carbocycles. The topological polar surface area (TPSA) is 21.3 Å². The summed E-state index contributed by atoms with van der Waals surface area (Å²) in [5.41, 5.74) is 3.75. The summed E-state index contributed by atoms with van der Waals surface area (Å²) in [6.07, 6.45) is 1.16. The highest BCUT2D eigenvalue weighted by atomic mass is 16.5. The van der Waals surface area contributed by atoms with Gasteiger partial charge in [-0.2, -0.15) is 0 Å². The number of benzene rings is 1. The van der Waals surface area contributed by atoms with Gasteiger partial charge >= 0.3 is 0 Å². The van der Waals surface area contributed by atoms with Crippen molar-refractivity contribution in [3.63, 3.8) is 0 Å². The van der Waals surface area contributed by atoms with Crippen LogP contribution in [0.15, 0.2) is 12.1 Å². The van der Waals surface area contributed by atoms with Crippen molar-refractivity contribution in [3.8, 4) is 5.75 Å². The van der Waals surface area contributed by atoms with Crippen LogP contribution in [0.3, 0.4) is 0 Å². The molecule has 1 N–H and O–H groups in total. The highest BCUT2D eigenvalue weighted by Gasteiger charge is 2.05. The Hall–Kier alpha value is -1.02. The Morgan fingerprint density at radius 2 is 1.81 bits per heavy atom. The molecule has 1 atom stereocenters. The van der Waals surface area contributed by atoms with E-state index in [0.29, 0.717) is 6.04 Å². The first-order valence-electron chi connectivity index (χ1n) is 5.96. The van der Waals surface area contributed by atoms with E-state index in [1.165, 1.54) is 16.7 Å². The van der Waals surface area contributed by atoms with Crippen LogP contribution in [0.4, 0.5) is 0 Å². The summed E-state index contributed by atoms with van der Waals surface area (Å²) in [7, 11) is 1.73. The second-order valence-electron chi connectivity index (χ2n) is 4.45. The molecule has 0 radical (unpaired) electrons. The minimum absolute atomic E-state index is 0.572. The number of methoxy groups -OCH3 is 1. The van der Waals surface area contributed by atoms with Crippen LogP contribution in [0.25, 0.3) is 0 Å². The van der Waals surface area contributed by atoms with Crippen molar-refractivity contribution < 1.29 is 4.74 Å². The maximum atomic E-state index is 5.36. The number of ether oxygens (including phenoxy) is 1. The van der Waals surface area contributed by atoms with Crippen molar-refractivity contribution in [1.29, 1.82) is 0 Å². The van der Waals surface area contributed by atoms with E-state index in [9.17, 15) is 0 Å². The average molecular weight is 221 g/mol. The van der Waals surface area contributed by atoms with Crippen LogP contribution in [0, 0.1) is 13.8 Å². The van der Waals surface area contributed by atoms with Crippen LogP contribution in [0.1, 0.15) is 37.0 Å². The fraction of sp³-hybridized carbons (Fsp3) is 0.571. The van der Waals surface area contributed by atoms with E-state index in [2.05, 4.69) is 45.1 Å². The van der Waals surface area contributed by atoms with Crippen molar-refractivity contribution in [2.45, 2.75) is 46.7 Å². The van der Waals surface area contributed by atoms with Gasteiger partial charge in [-0.3, -0.25) is 0 Å². The van der Waals surface area contributed by atoms with Gasteiger partial charge in [0.25, 0.3) is 0 Å². The molecule has 0 spiro atoms. The molecule has 90 valence electrons. The van der Waals surface area contributed by atoms with E-state index in [-0.39, 0.29) is 0 Å². The van der Waals surface area contributed by atoms with Gasteiger partial charge in [0.05, 0.1) is 7.11 Å². The van der Waals surface area contributed by atoms with E-state index in [0.717, 1.165) is 18.7 Å². The van der Waals surface area contributed by atoms with Gasteiger partial charge in [-0.15, -0.1) is 0 Å². The van der Waals surface area contributed by atoms with Crippen molar-refractivity contribution >= 4 is 0 Å². The molecule has 1 aromatic rings. The van der Waals surface area contributed by atoms with Gasteiger partial charge in [0.2, 0.25) is 0 Å². The number of hydrogen-bond acceptors (Lipinski definition) is 2. The highest BCUT2D eigenvalue weighted by molar-refractivity contribution is 5.43. The van der Waals surface area contributed by atoms with E-state index >= 15 is 0 Å². The zero-order valence-electron chi connectivity index (χ0n) is 11.1. The first-order valence-corrected chi connectivity index (χ1v) is 5.96. The Kier molecular flexibility index (Phi) is 4.81. The summed E-state index contributed by atoms with van der Waals surface area (Å²) in [6, 6.07) is 4.96. The Labute approximate surface area is 99.0 Å². The van der Waals surface area contributed by atoms with Crippen molar-refractivity contribution in [3.05, 3.63) is 28.8 Å². The lowest BCUT2D eigenvalue weighted by Gasteiger charge is -2.14. The molecule has 16 heavy (non-hydrogen) atoms. The summed E-state index contributed by atoms with van der Waals surface area (Å²) in [5, 5.41) is 3.50. The molecule has 0 fully saturated rings. The molecule has 0 aromatic heterocycles. The fourth-order valence-electron chi connectivity index (χ4n) is 1.90. The molecule has 0 saturated heterocycles. The fourth-order valence-corrected chi connectivity index (χ4v) is 1.90. The minimum atomic E-state index is 0.572. The zero-order chi connectivity index (χ0) is 12.1. The van der Waals surface area contributed by atoms with Gasteiger partial charge in [-0.1, -0.05) is 19.1 Å². The molecule has 1 rings (SSSR count). The predicted molar refractivity (Wildman–Crippen MR) is 69.1 cm³/mol. The van der Waals surface area contributed by atoms with E-state index in [4.69, 9.17) is 4.74 Å². The Bertz CT molecular complexity index is 324. The van der Waals surface area contributed by atoms with Gasteiger partial charge in [0.1, 0.15) is 5.75 Å². The molecule has 2 heteroatoms. The van der Waals surface area contributed by atoms with Crippen LogP contribution in [0.2, 0.25) is 0 Å². The lowest BCUT2D eigenvalue weighted by atomic mass is 10.1. The summed E-state index contributed by atoms with van der Waals surface area (Å²) in [6.45, 7) is 9.53. The Morgan fingerprint density at radius 1 is 1.25 bits per heavy atom. The Balaban J connectivity index is 2.76. The number of nitrogens with one attached hydrogen (secondary N) is 1. The maximum absolute atomic E-state index is 5.36. The Morgan fingerprint density at radius 3 is 2.25 bits per heavy atom. The molecule has 1 unspecified atom stereocenters. The van der Waals surface area contributed by atoms with Gasteiger partial charge in [-0.25, -0.2) is 0 Å². The molecular weight excluding hydrogens is 198 g/mol. The second-order valence-corrected chi connectivity index (χ2v) is 4.45. The molecule has 0 aliphatic heterocycles. The SMILES string of the molecule is CCC(C)NCc1cc(C)c(OC)c(C)c1. The van der Waals surface area contributed by atoms with Crippen LogP contribution < -0.4 is 10.1 Å². The third kappa shape index (κ3) is 3.24. The maximum Gasteiger partial charge on any atom is 0.124 e. The molecule has 0 aliphatic rings. The van der Waals surface area contributed by atoms with Crippen molar-refractivity contribution in [1.82, 2.24) is 5.32 Å². The summed E-state index contributed by atoms with van der Waals surface area (Å²) in [5.74, 6) is 1.01. The van der Waals surface area contributed by atoms with Gasteiger partial charge < -0.3 is 10.1 Å². The third-order valence-electron chi connectivity index (χ3n) is 2.99. The lowest BCUT2D eigenvalue weighted by Crippen LogP contribution is -2.24. The second kappa shape index (κ2) is 5.90. The quantitative estimate of drug-likeness (QED) is 0.824. The lowest BCUT2D eigenvalue weighted by molar-refractivity contribution is 0.408. The third-order valence-corrected chi connectivity index (χ3v) is 2.99. The standard InChI is InChI=1S/C14H23NO/c1-6-12(4)15-9-13-7-10(2)14(16-5)11(3)8-13/h7-8,12,15H,6,9H2,1-5H3. The summed E-state index contributed by atoms with van der Waals surface area (Å²) >= 11 is 0. The summed E-state index contributed by atoms with van der Waals surface area (Å²) < 4.78 is 5.36. The molecular formula is C14H23NO. The monoisotopic (exact) mass is 221 g/mol. The summed E-state index contributed by atoms with van der Waals surface area (Å²) in [4.78, 5) is 0. The molecule has 0 bridgehead atoms. The van der Waals surface area contributed by atoms with Crippen molar-refractivity contribution in [2.24, 2.45) is 0 Å². The first kappa shape index (κ1) is 13.0. The first-order chi connectivity index (χ1) is 7.58. The number of aryl methyl sites for hydroxylation is 2. The van der Waals surface area contributed by atoms with Gasteiger partial charge in [0.15, 0.2) is 0 Å². The largest absolute Gasteiger partial charge is 0.496 e.